The molecular weight excluding hydrogens is 250 g/mol. The van der Waals surface area contributed by atoms with Crippen LogP contribution in [0.1, 0.15) is 21.7 Å². The first-order valence-electron chi connectivity index (χ1n) is 5.44. The average molecular weight is 261 g/mol. The predicted octanol–water partition coefficient (Wildman–Crippen LogP) is 2.10. The van der Waals surface area contributed by atoms with Crippen LogP contribution in [0.3, 0.4) is 0 Å². The molecule has 2 rings (SSSR count). The van der Waals surface area contributed by atoms with Gasteiger partial charge in [-0.25, -0.2) is 9.78 Å². The molecule has 1 N–H and O–H groups in total. The van der Waals surface area contributed by atoms with E-state index in [0.29, 0.717) is 5.69 Å². The van der Waals surface area contributed by atoms with Crippen molar-refractivity contribution < 1.29 is 14.8 Å². The molecule has 0 aliphatic carbocycles. The Hall–Kier alpha value is -2.70. The Balaban J connectivity index is 2.67. The molecule has 98 valence electrons. The molecule has 1 aromatic carbocycles. The van der Waals surface area contributed by atoms with E-state index in [4.69, 9.17) is 5.11 Å². The van der Waals surface area contributed by atoms with Crippen molar-refractivity contribution in [2.45, 2.75) is 13.8 Å². The second-order valence-electron chi connectivity index (χ2n) is 4.05. The van der Waals surface area contributed by atoms with Crippen LogP contribution in [0.2, 0.25) is 0 Å². The highest BCUT2D eigenvalue weighted by atomic mass is 16.6. The van der Waals surface area contributed by atoms with Gasteiger partial charge in [0.1, 0.15) is 5.69 Å². The first kappa shape index (κ1) is 12.7. The molecule has 19 heavy (non-hydrogen) atoms. The number of nitro benzene ring substituents is 1. The van der Waals surface area contributed by atoms with E-state index in [1.165, 1.54) is 18.5 Å². The second-order valence-corrected chi connectivity index (χ2v) is 4.05. The fourth-order valence-electron chi connectivity index (χ4n) is 1.75. The van der Waals surface area contributed by atoms with Crippen molar-refractivity contribution in [1.29, 1.82) is 0 Å². The molecule has 7 heteroatoms. The van der Waals surface area contributed by atoms with Crippen molar-refractivity contribution in [2.75, 3.05) is 0 Å². The van der Waals surface area contributed by atoms with Crippen molar-refractivity contribution in [3.8, 4) is 5.69 Å². The summed E-state index contributed by atoms with van der Waals surface area (Å²) in [5.74, 6) is -1.20. The van der Waals surface area contributed by atoms with Crippen LogP contribution in [0.5, 0.6) is 0 Å². The molecule has 0 saturated carbocycles. The average Bonchev–Trinajstić information content (AvgIpc) is 2.69. The SMILES string of the molecule is Cc1ncn(-c2ccc(C(=O)O)cc2[N+](=O)[O-])c1C. The standard InChI is InChI=1S/C12H11N3O4/c1-7-8(2)14(6-13-7)10-4-3-9(12(16)17)5-11(10)15(18)19/h3-6H,1-2H3,(H,16,17). The summed E-state index contributed by atoms with van der Waals surface area (Å²) < 4.78 is 1.57. The Kier molecular flexibility index (Phi) is 3.04. The zero-order chi connectivity index (χ0) is 14.2. The summed E-state index contributed by atoms with van der Waals surface area (Å²) in [5.41, 5.74) is 1.45. The fourth-order valence-corrected chi connectivity index (χ4v) is 1.75. The summed E-state index contributed by atoms with van der Waals surface area (Å²) in [6.45, 7) is 3.58. The van der Waals surface area contributed by atoms with E-state index in [1.54, 1.807) is 18.4 Å². The molecule has 0 bridgehead atoms. The molecule has 0 aliphatic heterocycles. The van der Waals surface area contributed by atoms with Crippen molar-refractivity contribution >= 4 is 11.7 Å². The number of nitrogens with zero attached hydrogens (tertiary/aromatic N) is 3. The van der Waals surface area contributed by atoms with Gasteiger partial charge in [-0.15, -0.1) is 0 Å². The molecule has 0 aliphatic rings. The minimum Gasteiger partial charge on any atom is -0.478 e. The number of imidazole rings is 1. The first-order chi connectivity index (χ1) is 8.91. The minimum atomic E-state index is -1.20. The molecule has 0 fully saturated rings. The number of aryl methyl sites for hydroxylation is 1. The van der Waals surface area contributed by atoms with Gasteiger partial charge in [0.05, 0.1) is 22.5 Å². The van der Waals surface area contributed by atoms with Gasteiger partial charge in [-0.1, -0.05) is 0 Å². The van der Waals surface area contributed by atoms with Crippen LogP contribution in [0.15, 0.2) is 24.5 Å². The minimum absolute atomic E-state index is 0.120. The Bertz CT molecular complexity index is 676. The van der Waals surface area contributed by atoms with Crippen molar-refractivity contribution in [3.63, 3.8) is 0 Å². The number of benzene rings is 1. The molecule has 1 heterocycles. The maximum Gasteiger partial charge on any atom is 0.335 e. The van der Waals surface area contributed by atoms with Gasteiger partial charge in [0, 0.05) is 11.8 Å². The summed E-state index contributed by atoms with van der Waals surface area (Å²) in [4.78, 5) is 25.4. The van der Waals surface area contributed by atoms with Gasteiger partial charge in [-0.3, -0.25) is 14.7 Å². The van der Waals surface area contributed by atoms with Crippen LogP contribution in [-0.2, 0) is 0 Å². The number of hydrogen-bond acceptors (Lipinski definition) is 4. The lowest BCUT2D eigenvalue weighted by Crippen LogP contribution is -2.04. The first-order valence-corrected chi connectivity index (χ1v) is 5.44. The fraction of sp³-hybridized carbons (Fsp3) is 0.167. The van der Waals surface area contributed by atoms with E-state index in [1.807, 2.05) is 0 Å². The van der Waals surface area contributed by atoms with E-state index in [2.05, 4.69) is 4.98 Å². The third-order valence-electron chi connectivity index (χ3n) is 2.93. The highest BCUT2D eigenvalue weighted by Gasteiger charge is 2.20. The summed E-state index contributed by atoms with van der Waals surface area (Å²) >= 11 is 0. The van der Waals surface area contributed by atoms with Crippen LogP contribution in [0, 0.1) is 24.0 Å². The number of carboxylic acid groups (broad SMARTS) is 1. The zero-order valence-corrected chi connectivity index (χ0v) is 10.3. The molecule has 0 spiro atoms. The van der Waals surface area contributed by atoms with Gasteiger partial charge in [-0.2, -0.15) is 0 Å². The van der Waals surface area contributed by atoms with E-state index in [9.17, 15) is 14.9 Å². The van der Waals surface area contributed by atoms with E-state index < -0.39 is 10.9 Å². The van der Waals surface area contributed by atoms with Gasteiger partial charge in [-0.05, 0) is 26.0 Å². The van der Waals surface area contributed by atoms with Crippen LogP contribution < -0.4 is 0 Å². The smallest absolute Gasteiger partial charge is 0.335 e. The quantitative estimate of drug-likeness (QED) is 0.673. The number of nitro groups is 1. The van der Waals surface area contributed by atoms with Crippen molar-refractivity contribution in [1.82, 2.24) is 9.55 Å². The maximum atomic E-state index is 11.1. The Morgan fingerprint density at radius 2 is 2.11 bits per heavy atom. The molecule has 0 amide bonds. The van der Waals surface area contributed by atoms with E-state index in [0.717, 1.165) is 17.5 Å². The largest absolute Gasteiger partial charge is 0.478 e. The second kappa shape index (κ2) is 4.52. The molecule has 1 aromatic heterocycles. The predicted molar refractivity (Wildman–Crippen MR) is 66.7 cm³/mol. The monoisotopic (exact) mass is 261 g/mol. The molecule has 7 nitrogen and oxygen atoms in total. The topological polar surface area (TPSA) is 98.3 Å². The number of rotatable bonds is 3. The van der Waals surface area contributed by atoms with Crippen LogP contribution in [0.4, 0.5) is 5.69 Å². The Labute approximate surface area is 108 Å². The third kappa shape index (κ3) is 2.17. The zero-order valence-electron chi connectivity index (χ0n) is 10.3. The van der Waals surface area contributed by atoms with Gasteiger partial charge in [0.15, 0.2) is 0 Å². The molecule has 0 radical (unpaired) electrons. The van der Waals surface area contributed by atoms with Gasteiger partial charge in [0.25, 0.3) is 5.69 Å². The van der Waals surface area contributed by atoms with E-state index in [-0.39, 0.29) is 11.3 Å². The number of aromatic nitrogens is 2. The lowest BCUT2D eigenvalue weighted by atomic mass is 10.1. The summed E-state index contributed by atoms with van der Waals surface area (Å²) in [6, 6.07) is 3.79. The summed E-state index contributed by atoms with van der Waals surface area (Å²) in [7, 11) is 0. The lowest BCUT2D eigenvalue weighted by molar-refractivity contribution is -0.384. The van der Waals surface area contributed by atoms with Crippen LogP contribution >= 0.6 is 0 Å². The highest BCUT2D eigenvalue weighted by molar-refractivity contribution is 5.89. The van der Waals surface area contributed by atoms with E-state index >= 15 is 0 Å². The summed E-state index contributed by atoms with van der Waals surface area (Å²) in [6.07, 6.45) is 1.48. The van der Waals surface area contributed by atoms with Crippen LogP contribution in [-0.4, -0.2) is 25.6 Å². The number of carboxylic acids is 1. The number of hydrogen-bond donors (Lipinski definition) is 1. The Morgan fingerprint density at radius 3 is 2.58 bits per heavy atom. The summed E-state index contributed by atoms with van der Waals surface area (Å²) in [5, 5.41) is 19.9. The van der Waals surface area contributed by atoms with Gasteiger partial charge >= 0.3 is 5.97 Å². The van der Waals surface area contributed by atoms with Gasteiger partial charge < -0.3 is 5.11 Å². The maximum absolute atomic E-state index is 11.1. The van der Waals surface area contributed by atoms with Crippen LogP contribution in [0.25, 0.3) is 5.69 Å². The molecule has 0 atom stereocenters. The molecule has 0 saturated heterocycles. The molecule has 0 unspecified atom stereocenters. The van der Waals surface area contributed by atoms with Crippen molar-refractivity contribution in [2.24, 2.45) is 0 Å². The Morgan fingerprint density at radius 1 is 1.42 bits per heavy atom. The highest BCUT2D eigenvalue weighted by Crippen LogP contribution is 2.26. The lowest BCUT2D eigenvalue weighted by Gasteiger charge is -2.07. The molecular formula is C12H11N3O4. The molecule has 2 aromatic rings. The van der Waals surface area contributed by atoms with Crippen molar-refractivity contribution in [3.05, 3.63) is 51.6 Å². The number of aromatic carboxylic acids is 1. The number of carbonyl (C=O) groups is 1. The third-order valence-corrected chi connectivity index (χ3v) is 2.93. The van der Waals surface area contributed by atoms with Gasteiger partial charge in [0.2, 0.25) is 0 Å². The normalized spacial score (nSPS) is 10.4.